The topological polar surface area (TPSA) is 53.5 Å². The molecular weight excluding hydrogens is 354 g/mol. The summed E-state index contributed by atoms with van der Waals surface area (Å²) in [6, 6.07) is 6.43. The van der Waals surface area contributed by atoms with Gasteiger partial charge in [0.25, 0.3) is 0 Å². The van der Waals surface area contributed by atoms with Crippen molar-refractivity contribution in [3.05, 3.63) is 45.4 Å². The van der Waals surface area contributed by atoms with E-state index in [1.54, 1.807) is 29.5 Å². The minimum absolute atomic E-state index is 0.258. The third-order valence-electron chi connectivity index (χ3n) is 3.82. The molecule has 1 aliphatic heterocycles. The van der Waals surface area contributed by atoms with E-state index in [0.717, 1.165) is 17.2 Å². The molecule has 3 rings (SSSR count). The normalized spacial score (nSPS) is 17.5. The number of aryl methyl sites for hydroxylation is 1. The van der Waals surface area contributed by atoms with Crippen LogP contribution in [0.1, 0.15) is 10.7 Å². The summed E-state index contributed by atoms with van der Waals surface area (Å²) in [5.74, 6) is 0. The number of benzene rings is 1. The van der Waals surface area contributed by atoms with Crippen LogP contribution in [0.5, 0.6) is 0 Å². The molecule has 124 valence electrons. The summed E-state index contributed by atoms with van der Waals surface area (Å²) < 4.78 is 26.8. The Morgan fingerprint density at radius 1 is 1.26 bits per heavy atom. The lowest BCUT2D eigenvalue weighted by molar-refractivity contribution is 0.180. The highest BCUT2D eigenvalue weighted by Crippen LogP contribution is 2.21. The van der Waals surface area contributed by atoms with Crippen molar-refractivity contribution in [2.75, 3.05) is 26.2 Å². The fourth-order valence-corrected chi connectivity index (χ4v) is 4.94. The zero-order valence-corrected chi connectivity index (χ0v) is 15.2. The van der Waals surface area contributed by atoms with Crippen LogP contribution in [0, 0.1) is 6.92 Å². The quantitative estimate of drug-likeness (QED) is 0.829. The van der Waals surface area contributed by atoms with Gasteiger partial charge < -0.3 is 0 Å². The molecule has 2 heterocycles. The monoisotopic (exact) mass is 371 g/mol. The number of aromatic nitrogens is 1. The highest BCUT2D eigenvalue weighted by atomic mass is 35.5. The van der Waals surface area contributed by atoms with Gasteiger partial charge in [0, 0.05) is 43.1 Å². The van der Waals surface area contributed by atoms with Gasteiger partial charge in [0.15, 0.2) is 0 Å². The Bertz CT molecular complexity index is 784. The van der Waals surface area contributed by atoms with Gasteiger partial charge in [0.2, 0.25) is 10.0 Å². The highest BCUT2D eigenvalue weighted by molar-refractivity contribution is 7.89. The van der Waals surface area contributed by atoms with Crippen LogP contribution in [0.25, 0.3) is 0 Å². The molecule has 0 spiro atoms. The second-order valence-corrected chi connectivity index (χ2v) is 8.93. The molecule has 1 fully saturated rings. The molecule has 0 atom stereocenters. The Labute approximate surface area is 145 Å². The standard InChI is InChI=1S/C15H18ClN3O2S2/c1-12-17-14(11-22-12)10-18-5-7-19(8-6-18)23(20,21)15-4-2-3-13(16)9-15/h2-4,9,11H,5-8,10H2,1H3. The maximum Gasteiger partial charge on any atom is 0.243 e. The van der Waals surface area contributed by atoms with Crippen LogP contribution in [0.2, 0.25) is 5.02 Å². The van der Waals surface area contributed by atoms with Crippen molar-refractivity contribution in [3.8, 4) is 0 Å². The minimum atomic E-state index is -3.47. The largest absolute Gasteiger partial charge is 0.295 e. The van der Waals surface area contributed by atoms with Crippen LogP contribution in [0.15, 0.2) is 34.5 Å². The molecule has 2 aromatic rings. The molecule has 1 saturated heterocycles. The summed E-state index contributed by atoms with van der Waals surface area (Å²) in [6.07, 6.45) is 0. The van der Waals surface area contributed by atoms with E-state index in [4.69, 9.17) is 11.6 Å². The molecule has 1 aromatic heterocycles. The maximum absolute atomic E-state index is 12.6. The molecule has 0 N–H and O–H groups in total. The number of hydrogen-bond acceptors (Lipinski definition) is 5. The highest BCUT2D eigenvalue weighted by Gasteiger charge is 2.28. The van der Waals surface area contributed by atoms with Gasteiger partial charge in [-0.15, -0.1) is 11.3 Å². The lowest BCUT2D eigenvalue weighted by Crippen LogP contribution is -2.48. The molecule has 5 nitrogen and oxygen atoms in total. The third kappa shape index (κ3) is 3.92. The number of halogens is 1. The Morgan fingerprint density at radius 2 is 2.00 bits per heavy atom. The summed E-state index contributed by atoms with van der Waals surface area (Å²) >= 11 is 7.55. The number of thiazole rings is 1. The minimum Gasteiger partial charge on any atom is -0.295 e. The average molecular weight is 372 g/mol. The first kappa shape index (κ1) is 16.9. The first-order valence-corrected chi connectivity index (χ1v) is 10.0. The predicted molar refractivity (Wildman–Crippen MR) is 92.3 cm³/mol. The van der Waals surface area contributed by atoms with Gasteiger partial charge in [-0.05, 0) is 25.1 Å². The van der Waals surface area contributed by atoms with Crippen LogP contribution < -0.4 is 0 Å². The Kier molecular flexibility index (Phi) is 5.03. The van der Waals surface area contributed by atoms with Crippen molar-refractivity contribution in [3.63, 3.8) is 0 Å². The van der Waals surface area contributed by atoms with Crippen LogP contribution in [-0.4, -0.2) is 48.8 Å². The van der Waals surface area contributed by atoms with Crippen LogP contribution in [0.3, 0.4) is 0 Å². The molecule has 23 heavy (non-hydrogen) atoms. The molecule has 0 radical (unpaired) electrons. The molecule has 8 heteroatoms. The van der Waals surface area contributed by atoms with Gasteiger partial charge in [0.1, 0.15) is 0 Å². The first-order chi connectivity index (χ1) is 10.9. The predicted octanol–water partition coefficient (Wildman–Crippen LogP) is 2.61. The van der Waals surface area contributed by atoms with Crippen molar-refractivity contribution in [2.45, 2.75) is 18.4 Å². The number of hydrogen-bond donors (Lipinski definition) is 0. The summed E-state index contributed by atoms with van der Waals surface area (Å²) in [5, 5.41) is 3.55. The molecule has 1 aromatic carbocycles. The van der Waals surface area contributed by atoms with Crippen molar-refractivity contribution < 1.29 is 8.42 Å². The lowest BCUT2D eigenvalue weighted by atomic mass is 10.3. The molecule has 0 amide bonds. The number of nitrogens with zero attached hydrogens (tertiary/aromatic N) is 3. The van der Waals surface area contributed by atoms with E-state index >= 15 is 0 Å². The number of rotatable bonds is 4. The Balaban J connectivity index is 1.64. The van der Waals surface area contributed by atoms with Crippen LogP contribution in [0.4, 0.5) is 0 Å². The lowest BCUT2D eigenvalue weighted by Gasteiger charge is -2.33. The van der Waals surface area contributed by atoms with Crippen LogP contribution in [-0.2, 0) is 16.6 Å². The van der Waals surface area contributed by atoms with E-state index in [2.05, 4.69) is 15.3 Å². The molecule has 0 aliphatic carbocycles. The summed E-state index contributed by atoms with van der Waals surface area (Å²) in [5.41, 5.74) is 1.05. The maximum atomic E-state index is 12.6. The zero-order valence-electron chi connectivity index (χ0n) is 12.8. The zero-order chi connectivity index (χ0) is 16.4. The number of sulfonamides is 1. The van der Waals surface area contributed by atoms with E-state index in [1.807, 2.05) is 6.92 Å². The average Bonchev–Trinajstić information content (AvgIpc) is 2.93. The SMILES string of the molecule is Cc1nc(CN2CCN(S(=O)(=O)c3cccc(Cl)c3)CC2)cs1. The van der Waals surface area contributed by atoms with Gasteiger partial charge in [0.05, 0.1) is 15.6 Å². The second-order valence-electron chi connectivity index (χ2n) is 5.50. The molecule has 0 unspecified atom stereocenters. The molecule has 0 saturated carbocycles. The number of piperazine rings is 1. The van der Waals surface area contributed by atoms with Gasteiger partial charge in [-0.25, -0.2) is 13.4 Å². The first-order valence-electron chi connectivity index (χ1n) is 7.34. The van der Waals surface area contributed by atoms with Gasteiger partial charge in [-0.3, -0.25) is 4.90 Å². The van der Waals surface area contributed by atoms with E-state index < -0.39 is 10.0 Å². The summed E-state index contributed by atoms with van der Waals surface area (Å²) in [7, 11) is -3.47. The van der Waals surface area contributed by atoms with Crippen molar-refractivity contribution in [1.82, 2.24) is 14.2 Å². The van der Waals surface area contributed by atoms with Crippen molar-refractivity contribution in [1.29, 1.82) is 0 Å². The van der Waals surface area contributed by atoms with Gasteiger partial charge in [-0.2, -0.15) is 4.31 Å². The smallest absolute Gasteiger partial charge is 0.243 e. The third-order valence-corrected chi connectivity index (χ3v) is 6.77. The van der Waals surface area contributed by atoms with E-state index in [0.29, 0.717) is 31.2 Å². The molecule has 0 bridgehead atoms. The molecule has 1 aliphatic rings. The Morgan fingerprint density at radius 3 is 2.61 bits per heavy atom. The van der Waals surface area contributed by atoms with E-state index in [9.17, 15) is 8.42 Å². The van der Waals surface area contributed by atoms with E-state index in [1.165, 1.54) is 10.4 Å². The Hall–Kier alpha value is -0.990. The van der Waals surface area contributed by atoms with Gasteiger partial charge >= 0.3 is 0 Å². The summed E-state index contributed by atoms with van der Waals surface area (Å²) in [4.78, 5) is 6.95. The summed E-state index contributed by atoms with van der Waals surface area (Å²) in [6.45, 7) is 5.14. The van der Waals surface area contributed by atoms with Gasteiger partial charge in [-0.1, -0.05) is 17.7 Å². The van der Waals surface area contributed by atoms with Crippen molar-refractivity contribution in [2.24, 2.45) is 0 Å². The molecular formula is C15H18ClN3O2S2. The fourth-order valence-electron chi connectivity index (χ4n) is 2.61. The fraction of sp³-hybridized carbons (Fsp3) is 0.400. The van der Waals surface area contributed by atoms with Crippen LogP contribution >= 0.6 is 22.9 Å². The van der Waals surface area contributed by atoms with Crippen molar-refractivity contribution >= 4 is 33.0 Å². The second kappa shape index (κ2) is 6.86. The van der Waals surface area contributed by atoms with E-state index in [-0.39, 0.29) is 4.90 Å².